The highest BCUT2D eigenvalue weighted by Gasteiger charge is 2.25. The van der Waals surface area contributed by atoms with Crippen molar-refractivity contribution >= 4 is 17.5 Å². The maximum absolute atomic E-state index is 14.4. The van der Waals surface area contributed by atoms with Crippen LogP contribution >= 0.6 is 0 Å². The van der Waals surface area contributed by atoms with E-state index < -0.39 is 0 Å². The van der Waals surface area contributed by atoms with Crippen LogP contribution in [0.2, 0.25) is 0 Å². The number of nitrogens with one attached hydrogen (secondary N) is 2. The van der Waals surface area contributed by atoms with Crippen molar-refractivity contribution in [3.63, 3.8) is 0 Å². The Hall–Kier alpha value is -3.67. The van der Waals surface area contributed by atoms with Gasteiger partial charge in [0, 0.05) is 48.8 Å². The summed E-state index contributed by atoms with van der Waals surface area (Å²) < 4.78 is 21.7. The fourth-order valence-electron chi connectivity index (χ4n) is 4.19. The lowest BCUT2D eigenvalue weighted by Gasteiger charge is -2.23. The van der Waals surface area contributed by atoms with Gasteiger partial charge in [0.15, 0.2) is 5.69 Å². The summed E-state index contributed by atoms with van der Waals surface area (Å²) in [6, 6.07) is 5.12. The summed E-state index contributed by atoms with van der Waals surface area (Å²) in [6.45, 7) is 1.37. The van der Waals surface area contributed by atoms with Gasteiger partial charge in [-0.3, -0.25) is 9.20 Å². The second kappa shape index (κ2) is 7.30. The molecule has 0 aliphatic carbocycles. The van der Waals surface area contributed by atoms with Gasteiger partial charge in [-0.1, -0.05) is 0 Å². The number of hydrogen-bond donors (Lipinski definition) is 2. The van der Waals surface area contributed by atoms with Gasteiger partial charge in [-0.05, 0) is 24.5 Å². The summed E-state index contributed by atoms with van der Waals surface area (Å²) >= 11 is 0. The molecule has 2 N–H and O–H groups in total. The van der Waals surface area contributed by atoms with Crippen LogP contribution in [-0.4, -0.2) is 33.4 Å². The Morgan fingerprint density at radius 3 is 3.17 bits per heavy atom. The minimum absolute atomic E-state index is 0.00529. The van der Waals surface area contributed by atoms with Crippen LogP contribution in [0.5, 0.6) is 5.75 Å². The molecule has 30 heavy (non-hydrogen) atoms. The predicted octanol–water partition coefficient (Wildman–Crippen LogP) is 2.28. The molecule has 0 spiro atoms. The number of aromatic nitrogens is 3. The zero-order chi connectivity index (χ0) is 20.7. The lowest BCUT2D eigenvalue weighted by molar-refractivity contribution is -0.122. The first kappa shape index (κ1) is 18.4. The number of anilines is 1. The third kappa shape index (κ3) is 3.10. The monoisotopic (exact) mass is 406 g/mol. The first-order chi connectivity index (χ1) is 14.6. The number of rotatable bonds is 4. The summed E-state index contributed by atoms with van der Waals surface area (Å²) in [5.74, 6) is 0.861. The number of ether oxygens (including phenoxy) is 1. The van der Waals surface area contributed by atoms with E-state index in [4.69, 9.17) is 4.74 Å². The van der Waals surface area contributed by atoms with Crippen LogP contribution in [-0.2, 0) is 17.8 Å². The normalized spacial score (nSPS) is 17.9. The predicted molar refractivity (Wildman–Crippen MR) is 106 cm³/mol. The van der Waals surface area contributed by atoms with Gasteiger partial charge in [-0.2, -0.15) is 5.26 Å². The fourth-order valence-corrected chi connectivity index (χ4v) is 4.19. The molecule has 9 heteroatoms. The number of carbonyl (C=O) groups excluding carboxylic acids is 1. The SMILES string of the molecule is N#Cc1cn2c(NCc3c(F)ccc4c3CCO4)ncc(C3CCNC(=O)C3)c2n1. The molecule has 2 aromatic heterocycles. The van der Waals surface area contributed by atoms with Gasteiger partial charge in [-0.15, -0.1) is 0 Å². The van der Waals surface area contributed by atoms with Crippen molar-refractivity contribution in [2.45, 2.75) is 31.7 Å². The zero-order valence-corrected chi connectivity index (χ0v) is 16.1. The van der Waals surface area contributed by atoms with Gasteiger partial charge in [0.05, 0.1) is 12.8 Å². The average molecular weight is 406 g/mol. The van der Waals surface area contributed by atoms with Crippen molar-refractivity contribution in [1.29, 1.82) is 5.26 Å². The van der Waals surface area contributed by atoms with Crippen molar-refractivity contribution in [3.05, 3.63) is 52.7 Å². The van der Waals surface area contributed by atoms with Gasteiger partial charge in [-0.25, -0.2) is 14.4 Å². The number of nitriles is 1. The molecule has 8 nitrogen and oxygen atoms in total. The topological polar surface area (TPSA) is 104 Å². The minimum Gasteiger partial charge on any atom is -0.493 e. The van der Waals surface area contributed by atoms with E-state index in [0.29, 0.717) is 48.9 Å². The van der Waals surface area contributed by atoms with E-state index in [1.165, 1.54) is 6.07 Å². The van der Waals surface area contributed by atoms with Crippen LogP contribution < -0.4 is 15.4 Å². The molecule has 3 aromatic rings. The molecule has 0 saturated carbocycles. The van der Waals surface area contributed by atoms with Gasteiger partial charge in [0.1, 0.15) is 23.3 Å². The lowest BCUT2D eigenvalue weighted by Crippen LogP contribution is -2.32. The smallest absolute Gasteiger partial charge is 0.220 e. The Morgan fingerprint density at radius 1 is 1.43 bits per heavy atom. The molecule has 2 aliphatic heterocycles. The molecule has 4 heterocycles. The van der Waals surface area contributed by atoms with Crippen LogP contribution in [0.4, 0.5) is 10.3 Å². The Kier molecular flexibility index (Phi) is 4.47. The van der Waals surface area contributed by atoms with Crippen molar-refractivity contribution in [2.24, 2.45) is 0 Å². The molecule has 152 valence electrons. The van der Waals surface area contributed by atoms with Crippen molar-refractivity contribution in [2.75, 3.05) is 18.5 Å². The molecule has 5 rings (SSSR count). The fraction of sp³-hybridized carbons (Fsp3) is 0.333. The molecule has 0 radical (unpaired) electrons. The van der Waals surface area contributed by atoms with Crippen molar-refractivity contribution in [1.82, 2.24) is 19.7 Å². The van der Waals surface area contributed by atoms with E-state index in [1.807, 2.05) is 0 Å². The number of imidazole rings is 1. The van der Waals surface area contributed by atoms with Gasteiger partial charge in [0.25, 0.3) is 0 Å². The Bertz CT molecular complexity index is 1200. The van der Waals surface area contributed by atoms with Crippen LogP contribution in [0.15, 0.2) is 24.5 Å². The molecule has 1 saturated heterocycles. The van der Waals surface area contributed by atoms with Crippen LogP contribution in [0.25, 0.3) is 5.65 Å². The Labute approximate surface area is 171 Å². The average Bonchev–Trinajstić information content (AvgIpc) is 3.40. The summed E-state index contributed by atoms with van der Waals surface area (Å²) in [6.07, 6.45) is 5.11. The highest BCUT2D eigenvalue weighted by atomic mass is 19.1. The van der Waals surface area contributed by atoms with Crippen LogP contribution in [0.1, 0.15) is 41.1 Å². The molecule has 1 fully saturated rings. The van der Waals surface area contributed by atoms with E-state index >= 15 is 0 Å². The zero-order valence-electron chi connectivity index (χ0n) is 16.1. The van der Waals surface area contributed by atoms with E-state index in [9.17, 15) is 14.4 Å². The van der Waals surface area contributed by atoms with E-state index in [1.54, 1.807) is 22.9 Å². The van der Waals surface area contributed by atoms with Crippen LogP contribution in [0.3, 0.4) is 0 Å². The van der Waals surface area contributed by atoms with Crippen LogP contribution in [0, 0.1) is 17.1 Å². The van der Waals surface area contributed by atoms with Crippen molar-refractivity contribution in [3.8, 4) is 11.8 Å². The molecule has 2 aliphatic rings. The summed E-state index contributed by atoms with van der Waals surface area (Å²) in [7, 11) is 0. The highest BCUT2D eigenvalue weighted by molar-refractivity contribution is 5.78. The number of nitrogens with zero attached hydrogens (tertiary/aromatic N) is 4. The van der Waals surface area contributed by atoms with Gasteiger partial charge in [0.2, 0.25) is 11.9 Å². The van der Waals surface area contributed by atoms with E-state index in [0.717, 1.165) is 17.5 Å². The second-order valence-corrected chi connectivity index (χ2v) is 7.46. The number of piperidine rings is 1. The molecule has 1 unspecified atom stereocenters. The van der Waals surface area contributed by atoms with Crippen molar-refractivity contribution < 1.29 is 13.9 Å². The minimum atomic E-state index is -0.295. The Balaban J connectivity index is 1.50. The first-order valence-corrected chi connectivity index (χ1v) is 9.85. The van der Waals surface area contributed by atoms with E-state index in [-0.39, 0.29) is 29.9 Å². The quantitative estimate of drug-likeness (QED) is 0.689. The maximum Gasteiger partial charge on any atom is 0.220 e. The third-order valence-electron chi connectivity index (χ3n) is 5.68. The molecular formula is C21H19FN6O2. The standard InChI is InChI=1S/C21H19FN6O2/c22-17-1-2-18-14(4-6-30-18)16(17)10-26-21-25-9-15(12-3-5-24-19(29)7-12)20-27-13(8-23)11-28(20)21/h1-2,9,11-12H,3-7,10H2,(H,24,29)(H,25,26). The summed E-state index contributed by atoms with van der Waals surface area (Å²) in [5.41, 5.74) is 3.09. The third-order valence-corrected chi connectivity index (χ3v) is 5.68. The first-order valence-electron chi connectivity index (χ1n) is 9.85. The summed E-state index contributed by atoms with van der Waals surface area (Å²) in [4.78, 5) is 20.8. The van der Waals surface area contributed by atoms with E-state index in [2.05, 4.69) is 26.7 Å². The number of halogens is 1. The number of amides is 1. The van der Waals surface area contributed by atoms with Gasteiger partial charge < -0.3 is 15.4 Å². The number of benzene rings is 1. The lowest BCUT2D eigenvalue weighted by atomic mass is 9.91. The van der Waals surface area contributed by atoms with Gasteiger partial charge >= 0.3 is 0 Å². The molecule has 1 atom stereocenters. The molecule has 1 aromatic carbocycles. The largest absolute Gasteiger partial charge is 0.493 e. The molecule has 1 amide bonds. The molecular weight excluding hydrogens is 387 g/mol. The Morgan fingerprint density at radius 2 is 2.33 bits per heavy atom. The summed E-state index contributed by atoms with van der Waals surface area (Å²) in [5, 5.41) is 15.3. The maximum atomic E-state index is 14.4. The number of hydrogen-bond acceptors (Lipinski definition) is 6. The number of carbonyl (C=O) groups is 1. The number of fused-ring (bicyclic) bond motifs is 2. The second-order valence-electron chi connectivity index (χ2n) is 7.46. The molecule has 0 bridgehead atoms. The highest BCUT2D eigenvalue weighted by Crippen LogP contribution is 2.32.